The molecule has 0 unspecified atom stereocenters. The predicted molar refractivity (Wildman–Crippen MR) is 178 cm³/mol. The van der Waals surface area contributed by atoms with Crippen molar-refractivity contribution in [2.75, 3.05) is 37.1 Å². The van der Waals surface area contributed by atoms with Gasteiger partial charge in [-0.15, -0.1) is 0 Å². The smallest absolute Gasteiger partial charge is 1.00 e. The van der Waals surface area contributed by atoms with Gasteiger partial charge in [0.05, 0.1) is 19.8 Å². The number of rotatable bonds is 14. The predicted octanol–water partition coefficient (Wildman–Crippen LogP) is 5.03. The average Bonchev–Trinajstić information content (AvgIpc) is 3.01. The molecule has 0 aliphatic heterocycles. The van der Waals surface area contributed by atoms with Gasteiger partial charge >= 0.3 is 29.6 Å². The van der Waals surface area contributed by atoms with Crippen LogP contribution in [-0.2, 0) is 12.8 Å². The number of hydrogen-bond donors (Lipinski definition) is 3. The number of nitrogens with one attached hydrogen (secondary N) is 2. The molecule has 3 N–H and O–H groups in total. The Bertz CT molecular complexity index is 1240. The Balaban J connectivity index is 0.000000422. The van der Waals surface area contributed by atoms with E-state index in [0.29, 0.717) is 24.7 Å². The number of benzene rings is 4. The van der Waals surface area contributed by atoms with E-state index < -0.39 is 0 Å². The van der Waals surface area contributed by atoms with Crippen LogP contribution in [0.1, 0.15) is 39.2 Å². The van der Waals surface area contributed by atoms with Gasteiger partial charge in [-0.05, 0) is 124 Å². The van der Waals surface area contributed by atoms with Crippen molar-refractivity contribution in [3.05, 3.63) is 114 Å². The van der Waals surface area contributed by atoms with Crippen LogP contribution >= 0.6 is 12.2 Å². The summed E-state index contributed by atoms with van der Waals surface area (Å²) in [7, 11) is 0. The Morgan fingerprint density at radius 2 is 1.09 bits per heavy atom. The molecule has 0 aliphatic rings. The minimum Gasteiger partial charge on any atom is -1.00 e. The van der Waals surface area contributed by atoms with Crippen LogP contribution in [-0.4, -0.2) is 36.6 Å². The fraction of sp³-hybridized carbons (Fsp3) is 0.286. The first-order chi connectivity index (χ1) is 20.6. The Hall–Kier alpha value is -3.07. The molecule has 0 saturated heterocycles. The molecule has 4 rings (SSSR count). The SMILES string of the molecule is CCOc1ccc(NC(=S)Nc2ccc(OCC)cc2)cc1.OCCc1ccc(OCCCCc2ccccc2)cc1.[H-].[Na+]. The zero-order valence-electron chi connectivity index (χ0n) is 26.6. The minimum absolute atomic E-state index is 0. The summed E-state index contributed by atoms with van der Waals surface area (Å²) in [5, 5.41) is 15.7. The maximum Gasteiger partial charge on any atom is 1.00 e. The number of anilines is 2. The molecule has 0 fully saturated rings. The summed E-state index contributed by atoms with van der Waals surface area (Å²) in [6, 6.07) is 33.9. The van der Waals surface area contributed by atoms with E-state index in [9.17, 15) is 0 Å². The van der Waals surface area contributed by atoms with E-state index in [1.165, 1.54) is 5.56 Å². The molecule has 4 aromatic carbocycles. The molecule has 0 spiro atoms. The van der Waals surface area contributed by atoms with Gasteiger partial charge in [0.1, 0.15) is 17.2 Å². The molecule has 0 atom stereocenters. The van der Waals surface area contributed by atoms with E-state index in [1.807, 2.05) is 92.7 Å². The molecular weight excluding hydrogens is 567 g/mol. The Kier molecular flexibility index (Phi) is 18.1. The maximum atomic E-state index is 8.85. The van der Waals surface area contributed by atoms with Crippen LogP contribution in [0.4, 0.5) is 11.4 Å². The average molecular weight is 611 g/mol. The zero-order chi connectivity index (χ0) is 29.8. The van der Waals surface area contributed by atoms with Crippen molar-refractivity contribution in [3.63, 3.8) is 0 Å². The normalized spacial score (nSPS) is 9.93. The van der Waals surface area contributed by atoms with Crippen LogP contribution < -0.4 is 54.4 Å². The van der Waals surface area contributed by atoms with Crippen molar-refractivity contribution in [2.24, 2.45) is 0 Å². The van der Waals surface area contributed by atoms with Crippen LogP contribution in [0, 0.1) is 0 Å². The molecule has 0 aromatic heterocycles. The molecule has 8 heteroatoms. The van der Waals surface area contributed by atoms with Gasteiger partial charge in [0.2, 0.25) is 0 Å². The second kappa shape index (κ2) is 21.6. The van der Waals surface area contributed by atoms with Crippen LogP contribution in [0.5, 0.6) is 17.2 Å². The molecule has 224 valence electrons. The van der Waals surface area contributed by atoms with Gasteiger partial charge in [-0.3, -0.25) is 0 Å². The molecule has 0 heterocycles. The molecular formula is C35H43N2NaO4S. The summed E-state index contributed by atoms with van der Waals surface area (Å²) in [5.41, 5.74) is 4.35. The summed E-state index contributed by atoms with van der Waals surface area (Å²) in [6.45, 7) is 6.19. The van der Waals surface area contributed by atoms with E-state index >= 15 is 0 Å². The van der Waals surface area contributed by atoms with Gasteiger partial charge in [0.15, 0.2) is 5.11 Å². The van der Waals surface area contributed by atoms with Gasteiger partial charge in [0.25, 0.3) is 0 Å². The van der Waals surface area contributed by atoms with Crippen molar-refractivity contribution in [3.8, 4) is 17.2 Å². The number of ether oxygens (including phenoxy) is 3. The third kappa shape index (κ3) is 14.8. The molecule has 0 saturated carbocycles. The summed E-state index contributed by atoms with van der Waals surface area (Å²) in [5.74, 6) is 2.60. The molecule has 6 nitrogen and oxygen atoms in total. The van der Waals surface area contributed by atoms with Crippen molar-refractivity contribution in [2.45, 2.75) is 39.5 Å². The van der Waals surface area contributed by atoms with Gasteiger partial charge in [-0.2, -0.15) is 0 Å². The van der Waals surface area contributed by atoms with E-state index in [1.54, 1.807) is 0 Å². The van der Waals surface area contributed by atoms with Gasteiger partial charge in [-0.25, -0.2) is 0 Å². The number of aliphatic hydroxyl groups excluding tert-OH is 1. The second-order valence-corrected chi connectivity index (χ2v) is 9.81. The largest absolute Gasteiger partial charge is 1.00 e. The van der Waals surface area contributed by atoms with E-state index in [2.05, 4.69) is 34.9 Å². The number of unbranched alkanes of at least 4 members (excludes halogenated alkanes) is 1. The van der Waals surface area contributed by atoms with Crippen molar-refractivity contribution >= 4 is 28.7 Å². The molecule has 0 aliphatic carbocycles. The van der Waals surface area contributed by atoms with Crippen molar-refractivity contribution < 1.29 is 50.3 Å². The van der Waals surface area contributed by atoms with Gasteiger partial charge in [0, 0.05) is 18.0 Å². The molecule has 4 aromatic rings. The maximum absolute atomic E-state index is 8.85. The van der Waals surface area contributed by atoms with Crippen LogP contribution in [0.15, 0.2) is 103 Å². The van der Waals surface area contributed by atoms with Crippen LogP contribution in [0.2, 0.25) is 0 Å². The minimum atomic E-state index is 0. The fourth-order valence-electron chi connectivity index (χ4n) is 4.04. The van der Waals surface area contributed by atoms with E-state index in [0.717, 1.165) is 60.1 Å². The molecule has 0 amide bonds. The second-order valence-electron chi connectivity index (χ2n) is 9.40. The monoisotopic (exact) mass is 610 g/mol. The van der Waals surface area contributed by atoms with Crippen LogP contribution in [0.3, 0.4) is 0 Å². The number of thiocarbonyl (C=S) groups is 1. The summed E-state index contributed by atoms with van der Waals surface area (Å²) < 4.78 is 16.5. The third-order valence-electron chi connectivity index (χ3n) is 6.14. The third-order valence-corrected chi connectivity index (χ3v) is 6.35. The van der Waals surface area contributed by atoms with Crippen LogP contribution in [0.25, 0.3) is 0 Å². The van der Waals surface area contributed by atoms with Crippen molar-refractivity contribution in [1.82, 2.24) is 0 Å². The first-order valence-corrected chi connectivity index (χ1v) is 14.9. The zero-order valence-corrected chi connectivity index (χ0v) is 28.4. The van der Waals surface area contributed by atoms with Crippen molar-refractivity contribution in [1.29, 1.82) is 0 Å². The fourth-order valence-corrected chi connectivity index (χ4v) is 4.28. The summed E-state index contributed by atoms with van der Waals surface area (Å²) in [4.78, 5) is 0. The number of aryl methyl sites for hydroxylation is 1. The molecule has 0 bridgehead atoms. The molecule has 0 radical (unpaired) electrons. The summed E-state index contributed by atoms with van der Waals surface area (Å²) >= 11 is 5.30. The number of hydrogen-bond acceptors (Lipinski definition) is 5. The quantitative estimate of drug-likeness (QED) is 0.105. The molecule has 43 heavy (non-hydrogen) atoms. The Morgan fingerprint density at radius 1 is 0.628 bits per heavy atom. The standard InChI is InChI=1S/C18H22O2.C17H20N2O2S.Na.H/c19-14-13-17-9-11-18(12-10-17)20-15-5-4-8-16-6-2-1-3-7-16;1-3-20-15-9-5-13(6-10-15)18-17(22)19-14-7-11-16(12-8-14)21-4-2;;/h1-3,6-7,9-12,19H,4-5,8,13-15H2;5-12H,3-4H2,1-2H3,(H2,18,19,22);;/q;;+1;-1. The Labute approximate surface area is 285 Å². The first kappa shape index (κ1) is 36.1. The van der Waals surface area contributed by atoms with Gasteiger partial charge in [-0.1, -0.05) is 42.5 Å². The summed E-state index contributed by atoms with van der Waals surface area (Å²) in [6.07, 6.45) is 4.02. The van der Waals surface area contributed by atoms with E-state index in [4.69, 9.17) is 31.5 Å². The van der Waals surface area contributed by atoms with Gasteiger partial charge < -0.3 is 31.4 Å². The Morgan fingerprint density at radius 3 is 1.58 bits per heavy atom. The number of aliphatic hydroxyl groups is 1. The first-order valence-electron chi connectivity index (χ1n) is 14.5. The topological polar surface area (TPSA) is 72.0 Å². The van der Waals surface area contributed by atoms with E-state index in [-0.39, 0.29) is 37.6 Å².